The molecule has 0 bridgehead atoms. The van der Waals surface area contributed by atoms with Gasteiger partial charge in [0.05, 0.1) is 5.41 Å². The van der Waals surface area contributed by atoms with Gasteiger partial charge in [0, 0.05) is 25.2 Å². The van der Waals surface area contributed by atoms with E-state index in [1.807, 2.05) is 6.92 Å². The van der Waals surface area contributed by atoms with E-state index in [9.17, 15) is 14.7 Å². The monoisotopic (exact) mass is 283 g/mol. The minimum atomic E-state index is -0.846. The van der Waals surface area contributed by atoms with Gasteiger partial charge in [-0.3, -0.25) is 9.59 Å². The van der Waals surface area contributed by atoms with Crippen molar-refractivity contribution in [3.8, 4) is 0 Å². The van der Waals surface area contributed by atoms with Crippen molar-refractivity contribution >= 4 is 11.9 Å². The summed E-state index contributed by atoms with van der Waals surface area (Å²) in [5, 5.41) is 12.4. The zero-order valence-electron chi connectivity index (χ0n) is 12.2. The van der Waals surface area contributed by atoms with Crippen molar-refractivity contribution in [1.82, 2.24) is 5.32 Å². The van der Waals surface area contributed by atoms with E-state index >= 15 is 0 Å². The van der Waals surface area contributed by atoms with E-state index in [0.717, 1.165) is 32.1 Å². The average molecular weight is 283 g/mol. The van der Waals surface area contributed by atoms with Crippen LogP contribution in [0.1, 0.15) is 51.9 Å². The molecule has 20 heavy (non-hydrogen) atoms. The normalized spacial score (nSPS) is 24.2. The van der Waals surface area contributed by atoms with Crippen LogP contribution in [0.4, 0.5) is 0 Å². The van der Waals surface area contributed by atoms with Gasteiger partial charge in [-0.15, -0.1) is 0 Å². The molecule has 1 amide bonds. The van der Waals surface area contributed by atoms with Crippen LogP contribution in [0.15, 0.2) is 0 Å². The summed E-state index contributed by atoms with van der Waals surface area (Å²) < 4.78 is 5.25. The van der Waals surface area contributed by atoms with Gasteiger partial charge in [-0.05, 0) is 32.1 Å². The van der Waals surface area contributed by atoms with Gasteiger partial charge < -0.3 is 15.2 Å². The van der Waals surface area contributed by atoms with Gasteiger partial charge >= 0.3 is 5.97 Å². The van der Waals surface area contributed by atoms with Gasteiger partial charge in [0.1, 0.15) is 0 Å². The van der Waals surface area contributed by atoms with Gasteiger partial charge in [-0.25, -0.2) is 0 Å². The number of carboxylic acids is 1. The molecule has 5 nitrogen and oxygen atoms in total. The number of ether oxygens (including phenoxy) is 1. The van der Waals surface area contributed by atoms with Gasteiger partial charge in [-0.2, -0.15) is 0 Å². The Balaban J connectivity index is 1.98. The first kappa shape index (κ1) is 15.3. The summed E-state index contributed by atoms with van der Waals surface area (Å²) >= 11 is 0. The SMILES string of the molecule is CCC1(C(=O)NCC2(C(=O)O)CCOCC2)CCCC1. The molecule has 0 radical (unpaired) electrons. The van der Waals surface area contributed by atoms with Crippen molar-refractivity contribution in [2.75, 3.05) is 19.8 Å². The summed E-state index contributed by atoms with van der Waals surface area (Å²) in [5.41, 5.74) is -1.10. The van der Waals surface area contributed by atoms with Crippen LogP contribution in [-0.2, 0) is 14.3 Å². The van der Waals surface area contributed by atoms with E-state index < -0.39 is 11.4 Å². The molecule has 0 aromatic rings. The number of carbonyl (C=O) groups is 2. The Kier molecular flexibility index (Phi) is 4.68. The molecule has 0 unspecified atom stereocenters. The van der Waals surface area contributed by atoms with Gasteiger partial charge in [0.2, 0.25) is 5.91 Å². The molecular weight excluding hydrogens is 258 g/mol. The van der Waals surface area contributed by atoms with Gasteiger partial charge in [-0.1, -0.05) is 19.8 Å². The van der Waals surface area contributed by atoms with Crippen molar-refractivity contribution < 1.29 is 19.4 Å². The summed E-state index contributed by atoms with van der Waals surface area (Å²) in [6, 6.07) is 0. The van der Waals surface area contributed by atoms with Gasteiger partial charge in [0.15, 0.2) is 0 Å². The summed E-state index contributed by atoms with van der Waals surface area (Å²) in [6.07, 6.45) is 5.83. The second-order valence-electron chi connectivity index (χ2n) is 6.22. The standard InChI is InChI=1S/C15H25NO4/c1-2-14(5-3-4-6-14)12(17)16-11-15(13(18)19)7-9-20-10-8-15/h2-11H2,1H3,(H,16,17)(H,18,19). The Labute approximate surface area is 120 Å². The molecule has 2 N–H and O–H groups in total. The van der Waals surface area contributed by atoms with E-state index in [2.05, 4.69) is 5.32 Å². The summed E-state index contributed by atoms with van der Waals surface area (Å²) in [4.78, 5) is 24.0. The first-order valence-electron chi connectivity index (χ1n) is 7.64. The molecule has 0 atom stereocenters. The van der Waals surface area contributed by atoms with Crippen molar-refractivity contribution in [1.29, 1.82) is 0 Å². The fraction of sp³-hybridized carbons (Fsp3) is 0.867. The van der Waals surface area contributed by atoms with E-state index in [0.29, 0.717) is 26.1 Å². The van der Waals surface area contributed by atoms with E-state index in [-0.39, 0.29) is 17.9 Å². The maximum Gasteiger partial charge on any atom is 0.311 e. The largest absolute Gasteiger partial charge is 0.481 e. The Morgan fingerprint density at radius 3 is 2.20 bits per heavy atom. The number of carboxylic acid groups (broad SMARTS) is 1. The third kappa shape index (κ3) is 2.82. The van der Waals surface area contributed by atoms with Crippen molar-refractivity contribution in [2.24, 2.45) is 10.8 Å². The molecule has 2 rings (SSSR count). The molecule has 0 spiro atoms. The Morgan fingerprint density at radius 2 is 1.70 bits per heavy atom. The Morgan fingerprint density at radius 1 is 1.10 bits per heavy atom. The lowest BCUT2D eigenvalue weighted by Crippen LogP contribution is -2.49. The molecule has 2 aliphatic rings. The smallest absolute Gasteiger partial charge is 0.311 e. The number of aliphatic carboxylic acids is 1. The fourth-order valence-corrected chi connectivity index (χ4v) is 3.46. The maximum atomic E-state index is 12.5. The third-order valence-corrected chi connectivity index (χ3v) is 5.21. The van der Waals surface area contributed by atoms with E-state index in [1.165, 1.54) is 0 Å². The fourth-order valence-electron chi connectivity index (χ4n) is 3.46. The molecule has 1 saturated carbocycles. The van der Waals surface area contributed by atoms with Crippen LogP contribution in [0.5, 0.6) is 0 Å². The van der Waals surface area contributed by atoms with Crippen LogP contribution < -0.4 is 5.32 Å². The average Bonchev–Trinajstić information content (AvgIpc) is 2.95. The summed E-state index contributed by atoms with van der Waals surface area (Å²) in [5.74, 6) is -0.775. The predicted octanol–water partition coefficient (Wildman–Crippen LogP) is 1.95. The van der Waals surface area contributed by atoms with Crippen LogP contribution in [-0.4, -0.2) is 36.7 Å². The van der Waals surface area contributed by atoms with Crippen molar-refractivity contribution in [3.63, 3.8) is 0 Å². The first-order valence-corrected chi connectivity index (χ1v) is 7.64. The highest BCUT2D eigenvalue weighted by Gasteiger charge is 2.43. The zero-order chi connectivity index (χ0) is 14.6. The number of amides is 1. The minimum Gasteiger partial charge on any atom is -0.481 e. The number of carbonyl (C=O) groups excluding carboxylic acids is 1. The highest BCUT2D eigenvalue weighted by molar-refractivity contribution is 5.84. The summed E-state index contributed by atoms with van der Waals surface area (Å²) in [7, 11) is 0. The highest BCUT2D eigenvalue weighted by atomic mass is 16.5. The number of hydrogen-bond donors (Lipinski definition) is 2. The van der Waals surface area contributed by atoms with Crippen LogP contribution in [0, 0.1) is 10.8 Å². The lowest BCUT2D eigenvalue weighted by molar-refractivity contribution is -0.155. The molecule has 5 heteroatoms. The molecule has 1 aliphatic heterocycles. The third-order valence-electron chi connectivity index (χ3n) is 5.21. The molecular formula is C15H25NO4. The molecule has 2 fully saturated rings. The second kappa shape index (κ2) is 6.12. The van der Waals surface area contributed by atoms with Crippen LogP contribution in [0.25, 0.3) is 0 Å². The maximum absolute atomic E-state index is 12.5. The topological polar surface area (TPSA) is 75.6 Å². The van der Waals surface area contributed by atoms with Crippen molar-refractivity contribution in [3.05, 3.63) is 0 Å². The lowest BCUT2D eigenvalue weighted by Gasteiger charge is -2.35. The number of hydrogen-bond acceptors (Lipinski definition) is 3. The van der Waals surface area contributed by atoms with E-state index in [4.69, 9.17) is 4.74 Å². The molecule has 114 valence electrons. The Bertz CT molecular complexity index is 368. The first-order chi connectivity index (χ1) is 9.55. The molecule has 0 aromatic heterocycles. The quantitative estimate of drug-likeness (QED) is 0.808. The number of rotatable bonds is 5. The highest BCUT2D eigenvalue weighted by Crippen LogP contribution is 2.41. The Hall–Kier alpha value is -1.10. The molecule has 1 aliphatic carbocycles. The van der Waals surface area contributed by atoms with Crippen LogP contribution in [0.2, 0.25) is 0 Å². The van der Waals surface area contributed by atoms with Crippen LogP contribution >= 0.6 is 0 Å². The molecule has 1 heterocycles. The summed E-state index contributed by atoms with van der Waals surface area (Å²) in [6.45, 7) is 3.20. The second-order valence-corrected chi connectivity index (χ2v) is 6.22. The lowest BCUT2D eigenvalue weighted by atomic mass is 9.78. The van der Waals surface area contributed by atoms with E-state index in [1.54, 1.807) is 0 Å². The van der Waals surface area contributed by atoms with Crippen LogP contribution in [0.3, 0.4) is 0 Å². The number of nitrogens with one attached hydrogen (secondary N) is 1. The van der Waals surface area contributed by atoms with Crippen molar-refractivity contribution in [2.45, 2.75) is 51.9 Å². The molecule has 0 aromatic carbocycles. The van der Waals surface area contributed by atoms with Gasteiger partial charge in [0.25, 0.3) is 0 Å². The molecule has 1 saturated heterocycles. The zero-order valence-corrected chi connectivity index (χ0v) is 12.2. The predicted molar refractivity (Wildman–Crippen MR) is 74.3 cm³/mol. The minimum absolute atomic E-state index is 0.0459.